The van der Waals surface area contributed by atoms with Gasteiger partial charge in [-0.1, -0.05) is 25.3 Å². The SMILES string of the molecule is CC(=O)/C(=C/[Si](C)(C)C)CCCO. The number of carbonyl (C=O) groups is 1. The van der Waals surface area contributed by atoms with Crippen LogP contribution in [0.1, 0.15) is 19.8 Å². The smallest absolute Gasteiger partial charge is 0.155 e. The lowest BCUT2D eigenvalue weighted by Gasteiger charge is -2.12. The molecule has 0 rings (SSSR count). The van der Waals surface area contributed by atoms with E-state index in [1.165, 1.54) is 0 Å². The Balaban J connectivity index is 4.42. The number of aliphatic hydroxyl groups excluding tert-OH is 1. The zero-order valence-electron chi connectivity index (χ0n) is 9.05. The maximum absolute atomic E-state index is 11.2. The summed E-state index contributed by atoms with van der Waals surface area (Å²) in [6, 6.07) is 0. The number of carbonyl (C=O) groups excluding carboxylic acids is 1. The van der Waals surface area contributed by atoms with Crippen LogP contribution < -0.4 is 0 Å². The van der Waals surface area contributed by atoms with Gasteiger partial charge in [-0.15, -0.1) is 0 Å². The minimum atomic E-state index is -1.30. The Labute approximate surface area is 81.7 Å². The normalized spacial score (nSPS) is 13.2. The highest BCUT2D eigenvalue weighted by Crippen LogP contribution is 2.12. The molecule has 0 aromatic heterocycles. The third kappa shape index (κ3) is 6.72. The largest absolute Gasteiger partial charge is 0.396 e. The van der Waals surface area contributed by atoms with E-state index in [9.17, 15) is 4.79 Å². The fourth-order valence-corrected chi connectivity index (χ4v) is 2.54. The Morgan fingerprint density at radius 3 is 2.23 bits per heavy atom. The summed E-state index contributed by atoms with van der Waals surface area (Å²) in [5.74, 6) is 0.149. The van der Waals surface area contributed by atoms with E-state index in [0.29, 0.717) is 6.42 Å². The molecule has 0 aliphatic rings. The van der Waals surface area contributed by atoms with Crippen molar-refractivity contribution in [2.75, 3.05) is 6.61 Å². The predicted octanol–water partition coefficient (Wildman–Crippen LogP) is 2.15. The third-order valence-corrected chi connectivity index (χ3v) is 2.88. The molecule has 0 unspecified atom stereocenters. The number of Topliss-reactive ketones (excluding diaryl/α,β-unsaturated/α-hetero) is 1. The van der Waals surface area contributed by atoms with Gasteiger partial charge in [-0.2, -0.15) is 0 Å². The average Bonchev–Trinajstić information content (AvgIpc) is 1.95. The van der Waals surface area contributed by atoms with Crippen molar-refractivity contribution in [2.45, 2.75) is 39.4 Å². The van der Waals surface area contributed by atoms with Gasteiger partial charge in [-0.05, 0) is 25.3 Å². The van der Waals surface area contributed by atoms with Crippen LogP contribution in [0.4, 0.5) is 0 Å². The zero-order chi connectivity index (χ0) is 10.5. The van der Waals surface area contributed by atoms with Crippen molar-refractivity contribution in [1.29, 1.82) is 0 Å². The minimum Gasteiger partial charge on any atom is -0.396 e. The standard InChI is InChI=1S/C10H20O2Si/c1-9(12)10(6-5-7-11)8-13(2,3)4/h8,11H,5-7H2,1-4H3/b10-8+. The zero-order valence-corrected chi connectivity index (χ0v) is 10.1. The van der Waals surface area contributed by atoms with Gasteiger partial charge in [0.15, 0.2) is 5.78 Å². The van der Waals surface area contributed by atoms with E-state index in [1.807, 2.05) is 0 Å². The molecule has 13 heavy (non-hydrogen) atoms. The lowest BCUT2D eigenvalue weighted by molar-refractivity contribution is -0.113. The highest BCUT2D eigenvalue weighted by molar-refractivity contribution is 6.81. The number of allylic oxidation sites excluding steroid dienone is 1. The first-order chi connectivity index (χ1) is 5.87. The van der Waals surface area contributed by atoms with Gasteiger partial charge in [0.2, 0.25) is 0 Å². The van der Waals surface area contributed by atoms with Crippen LogP contribution >= 0.6 is 0 Å². The monoisotopic (exact) mass is 200 g/mol. The summed E-state index contributed by atoms with van der Waals surface area (Å²) in [5, 5.41) is 8.67. The molecule has 0 saturated carbocycles. The number of ketones is 1. The summed E-state index contributed by atoms with van der Waals surface area (Å²) in [6.07, 6.45) is 1.41. The van der Waals surface area contributed by atoms with E-state index in [2.05, 4.69) is 25.3 Å². The first-order valence-electron chi connectivity index (χ1n) is 4.70. The van der Waals surface area contributed by atoms with Crippen LogP contribution in [0.3, 0.4) is 0 Å². The van der Waals surface area contributed by atoms with Gasteiger partial charge in [0.1, 0.15) is 0 Å². The Kier molecular flexibility index (Phi) is 5.18. The van der Waals surface area contributed by atoms with Gasteiger partial charge in [0.25, 0.3) is 0 Å². The first-order valence-corrected chi connectivity index (χ1v) is 8.28. The number of rotatable bonds is 5. The summed E-state index contributed by atoms with van der Waals surface area (Å²) in [6.45, 7) is 8.37. The highest BCUT2D eigenvalue weighted by Gasteiger charge is 2.13. The Morgan fingerprint density at radius 1 is 1.38 bits per heavy atom. The van der Waals surface area contributed by atoms with Crippen molar-refractivity contribution < 1.29 is 9.90 Å². The summed E-state index contributed by atoms with van der Waals surface area (Å²) in [7, 11) is -1.30. The summed E-state index contributed by atoms with van der Waals surface area (Å²) < 4.78 is 0. The molecular formula is C10H20O2Si. The quantitative estimate of drug-likeness (QED) is 0.545. The molecule has 0 heterocycles. The summed E-state index contributed by atoms with van der Waals surface area (Å²) in [5.41, 5.74) is 3.03. The van der Waals surface area contributed by atoms with Crippen molar-refractivity contribution in [3.8, 4) is 0 Å². The number of hydrogen-bond donors (Lipinski definition) is 1. The maximum atomic E-state index is 11.2. The molecule has 0 aliphatic carbocycles. The lowest BCUT2D eigenvalue weighted by atomic mass is 10.1. The molecule has 76 valence electrons. The molecule has 2 nitrogen and oxygen atoms in total. The van der Waals surface area contributed by atoms with Crippen molar-refractivity contribution in [1.82, 2.24) is 0 Å². The van der Waals surface area contributed by atoms with Crippen LogP contribution in [-0.4, -0.2) is 25.6 Å². The van der Waals surface area contributed by atoms with Crippen molar-refractivity contribution in [2.24, 2.45) is 0 Å². The van der Waals surface area contributed by atoms with Gasteiger partial charge < -0.3 is 5.11 Å². The topological polar surface area (TPSA) is 37.3 Å². The summed E-state index contributed by atoms with van der Waals surface area (Å²) in [4.78, 5) is 11.2. The van der Waals surface area contributed by atoms with E-state index < -0.39 is 8.07 Å². The molecule has 3 heteroatoms. The van der Waals surface area contributed by atoms with Crippen LogP contribution in [0.25, 0.3) is 0 Å². The molecule has 0 spiro atoms. The molecule has 0 fully saturated rings. The molecule has 0 aliphatic heterocycles. The molecule has 0 amide bonds. The Hall–Kier alpha value is -0.413. The van der Waals surface area contributed by atoms with E-state index in [4.69, 9.17) is 5.11 Å². The van der Waals surface area contributed by atoms with Crippen LogP contribution in [0.15, 0.2) is 11.3 Å². The second kappa shape index (κ2) is 5.35. The Bertz CT molecular complexity index is 201. The fourth-order valence-electron chi connectivity index (χ4n) is 1.14. The molecule has 0 saturated heterocycles. The molecule has 0 bridgehead atoms. The van der Waals surface area contributed by atoms with E-state index in [1.54, 1.807) is 6.92 Å². The molecule has 0 atom stereocenters. The molecule has 0 radical (unpaired) electrons. The number of hydrogen-bond acceptors (Lipinski definition) is 2. The van der Waals surface area contributed by atoms with Crippen molar-refractivity contribution in [3.63, 3.8) is 0 Å². The van der Waals surface area contributed by atoms with Gasteiger partial charge in [0.05, 0.1) is 8.07 Å². The van der Waals surface area contributed by atoms with E-state index >= 15 is 0 Å². The van der Waals surface area contributed by atoms with Gasteiger partial charge in [-0.25, -0.2) is 0 Å². The van der Waals surface area contributed by atoms with E-state index in [0.717, 1.165) is 12.0 Å². The minimum absolute atomic E-state index is 0.149. The van der Waals surface area contributed by atoms with Gasteiger partial charge >= 0.3 is 0 Å². The number of aliphatic hydroxyl groups is 1. The maximum Gasteiger partial charge on any atom is 0.155 e. The average molecular weight is 200 g/mol. The van der Waals surface area contributed by atoms with Crippen LogP contribution in [0.2, 0.25) is 19.6 Å². The second-order valence-electron chi connectivity index (χ2n) is 4.42. The van der Waals surface area contributed by atoms with Crippen molar-refractivity contribution >= 4 is 13.9 Å². The predicted molar refractivity (Wildman–Crippen MR) is 58.4 cm³/mol. The first kappa shape index (κ1) is 12.6. The Morgan fingerprint density at radius 2 is 1.92 bits per heavy atom. The molecule has 0 aromatic rings. The van der Waals surface area contributed by atoms with Crippen LogP contribution in [0.5, 0.6) is 0 Å². The fraction of sp³-hybridized carbons (Fsp3) is 0.700. The molecule has 0 aromatic carbocycles. The third-order valence-electron chi connectivity index (χ3n) is 1.66. The summed E-state index contributed by atoms with van der Waals surface area (Å²) >= 11 is 0. The second-order valence-corrected chi connectivity index (χ2v) is 9.44. The lowest BCUT2D eigenvalue weighted by Crippen LogP contribution is -2.18. The van der Waals surface area contributed by atoms with Gasteiger partial charge in [0, 0.05) is 6.61 Å². The van der Waals surface area contributed by atoms with Gasteiger partial charge in [-0.3, -0.25) is 4.79 Å². The van der Waals surface area contributed by atoms with E-state index in [-0.39, 0.29) is 12.4 Å². The molecular weight excluding hydrogens is 180 g/mol. The van der Waals surface area contributed by atoms with Crippen LogP contribution in [-0.2, 0) is 4.79 Å². The van der Waals surface area contributed by atoms with Crippen molar-refractivity contribution in [3.05, 3.63) is 11.3 Å². The molecule has 1 N–H and O–H groups in total. The highest BCUT2D eigenvalue weighted by atomic mass is 28.3. The van der Waals surface area contributed by atoms with Crippen LogP contribution in [0, 0.1) is 0 Å².